The van der Waals surface area contributed by atoms with E-state index in [2.05, 4.69) is 21.2 Å². The van der Waals surface area contributed by atoms with Crippen molar-refractivity contribution in [2.75, 3.05) is 13.7 Å². The number of nitrogens with one attached hydrogen (secondary N) is 1. The third-order valence-electron chi connectivity index (χ3n) is 3.53. The number of rotatable bonds is 7. The van der Waals surface area contributed by atoms with E-state index in [1.807, 2.05) is 19.9 Å². The molecule has 0 aliphatic carbocycles. The van der Waals surface area contributed by atoms with Crippen LogP contribution >= 0.6 is 15.9 Å². The van der Waals surface area contributed by atoms with Gasteiger partial charge in [-0.1, -0.05) is 48.0 Å². The minimum Gasteiger partial charge on any atom is -0.497 e. The largest absolute Gasteiger partial charge is 0.497 e. The molecule has 0 fully saturated rings. The van der Waals surface area contributed by atoms with Crippen molar-refractivity contribution in [1.29, 1.82) is 0 Å². The molecule has 0 saturated carbocycles. The molecule has 0 aliphatic heterocycles. The van der Waals surface area contributed by atoms with Crippen LogP contribution in [-0.4, -0.2) is 25.6 Å². The van der Waals surface area contributed by atoms with Crippen molar-refractivity contribution in [3.05, 3.63) is 69.8 Å². The van der Waals surface area contributed by atoms with Crippen LogP contribution < -0.4 is 10.1 Å². The summed E-state index contributed by atoms with van der Waals surface area (Å²) in [4.78, 5) is 25.0. The molecule has 0 radical (unpaired) electrons. The molecule has 27 heavy (non-hydrogen) atoms. The molecule has 0 unspecified atom stereocenters. The van der Waals surface area contributed by atoms with Crippen LogP contribution in [0, 0.1) is 5.92 Å². The quantitative estimate of drug-likeness (QED) is 0.520. The van der Waals surface area contributed by atoms with E-state index in [4.69, 9.17) is 9.47 Å². The number of halogens is 1. The van der Waals surface area contributed by atoms with Gasteiger partial charge in [-0.05, 0) is 47.9 Å². The van der Waals surface area contributed by atoms with Crippen LogP contribution in [0.15, 0.2) is 58.7 Å². The van der Waals surface area contributed by atoms with Crippen LogP contribution in [0.25, 0.3) is 6.08 Å². The zero-order valence-corrected chi connectivity index (χ0v) is 17.1. The van der Waals surface area contributed by atoms with E-state index in [1.165, 1.54) is 0 Å². The Balaban J connectivity index is 2.26. The summed E-state index contributed by atoms with van der Waals surface area (Å²) in [6.07, 6.45) is 1.58. The maximum absolute atomic E-state index is 12.5. The van der Waals surface area contributed by atoms with E-state index in [1.54, 1.807) is 55.7 Å². The first kappa shape index (κ1) is 20.7. The van der Waals surface area contributed by atoms with Gasteiger partial charge < -0.3 is 14.8 Å². The molecule has 0 aromatic heterocycles. The van der Waals surface area contributed by atoms with Gasteiger partial charge in [0.25, 0.3) is 5.91 Å². The highest BCUT2D eigenvalue weighted by molar-refractivity contribution is 9.10. The van der Waals surface area contributed by atoms with Gasteiger partial charge in [-0.15, -0.1) is 0 Å². The summed E-state index contributed by atoms with van der Waals surface area (Å²) in [5, 5.41) is 2.66. The second kappa shape index (κ2) is 9.92. The molecule has 6 heteroatoms. The monoisotopic (exact) mass is 431 g/mol. The van der Waals surface area contributed by atoms with E-state index >= 15 is 0 Å². The van der Waals surface area contributed by atoms with E-state index < -0.39 is 11.9 Å². The Labute approximate surface area is 167 Å². The number of hydrogen-bond acceptors (Lipinski definition) is 4. The summed E-state index contributed by atoms with van der Waals surface area (Å²) in [5.74, 6) is -0.0772. The highest BCUT2D eigenvalue weighted by Gasteiger charge is 2.16. The molecule has 0 bridgehead atoms. The number of carbonyl (C=O) groups excluding carboxylic acids is 2. The molecule has 5 nitrogen and oxygen atoms in total. The maximum Gasteiger partial charge on any atom is 0.354 e. The molecule has 0 heterocycles. The predicted molar refractivity (Wildman–Crippen MR) is 108 cm³/mol. The number of hydrogen-bond donors (Lipinski definition) is 1. The van der Waals surface area contributed by atoms with Crippen LogP contribution in [-0.2, 0) is 9.53 Å². The second-order valence-electron chi connectivity index (χ2n) is 6.29. The molecule has 2 rings (SSSR count). The third kappa shape index (κ3) is 6.57. The first-order valence-electron chi connectivity index (χ1n) is 8.49. The topological polar surface area (TPSA) is 64.6 Å². The molecule has 0 spiro atoms. The Kier molecular flexibility index (Phi) is 7.61. The van der Waals surface area contributed by atoms with Crippen molar-refractivity contribution in [2.45, 2.75) is 13.8 Å². The van der Waals surface area contributed by atoms with Crippen molar-refractivity contribution in [2.24, 2.45) is 5.92 Å². The lowest BCUT2D eigenvalue weighted by Crippen LogP contribution is -2.29. The summed E-state index contributed by atoms with van der Waals surface area (Å²) in [6, 6.07) is 14.1. The molecule has 2 aromatic carbocycles. The van der Waals surface area contributed by atoms with Crippen molar-refractivity contribution >= 4 is 33.9 Å². The Bertz CT molecular complexity index is 828. The first-order chi connectivity index (χ1) is 12.9. The highest BCUT2D eigenvalue weighted by Crippen LogP contribution is 2.15. The molecular formula is C21H22BrNO4. The van der Waals surface area contributed by atoms with Crippen molar-refractivity contribution < 1.29 is 19.1 Å². The fourth-order valence-electron chi connectivity index (χ4n) is 2.16. The smallest absolute Gasteiger partial charge is 0.354 e. The van der Waals surface area contributed by atoms with Crippen LogP contribution in [0.4, 0.5) is 0 Å². The Morgan fingerprint density at radius 1 is 1.15 bits per heavy atom. The summed E-state index contributed by atoms with van der Waals surface area (Å²) in [5.41, 5.74) is 1.24. The number of amides is 1. The first-order valence-corrected chi connectivity index (χ1v) is 9.28. The number of carbonyl (C=O) groups is 2. The van der Waals surface area contributed by atoms with Gasteiger partial charge in [-0.3, -0.25) is 4.79 Å². The van der Waals surface area contributed by atoms with Crippen LogP contribution in [0.5, 0.6) is 5.75 Å². The van der Waals surface area contributed by atoms with Gasteiger partial charge in [0.1, 0.15) is 11.4 Å². The van der Waals surface area contributed by atoms with Crippen LogP contribution in [0.3, 0.4) is 0 Å². The van der Waals surface area contributed by atoms with Crippen molar-refractivity contribution in [1.82, 2.24) is 5.32 Å². The number of methoxy groups -OCH3 is 1. The number of esters is 1. The molecule has 1 N–H and O–H groups in total. The lowest BCUT2D eigenvalue weighted by molar-refractivity contribution is -0.140. The average Bonchev–Trinajstić information content (AvgIpc) is 2.66. The minimum atomic E-state index is -0.581. The van der Waals surface area contributed by atoms with E-state index in [0.29, 0.717) is 11.3 Å². The molecule has 142 valence electrons. The molecule has 0 saturated heterocycles. The molecule has 1 amide bonds. The van der Waals surface area contributed by atoms with E-state index in [0.717, 1.165) is 10.0 Å². The van der Waals surface area contributed by atoms with Crippen LogP contribution in [0.2, 0.25) is 0 Å². The zero-order chi connectivity index (χ0) is 19.8. The van der Waals surface area contributed by atoms with E-state index in [9.17, 15) is 9.59 Å². The molecule has 2 aromatic rings. The van der Waals surface area contributed by atoms with Crippen molar-refractivity contribution in [3.63, 3.8) is 0 Å². The fraction of sp³-hybridized carbons (Fsp3) is 0.238. The standard InChI is InChI=1S/C21H22BrNO4/c1-14(2)13-27-21(25)19(11-15-7-9-18(26-3)10-8-15)23-20(24)16-5-4-6-17(22)12-16/h4-12,14H,13H2,1-3H3,(H,23,24). The predicted octanol–water partition coefficient (Wildman–Crippen LogP) is 4.43. The van der Waals surface area contributed by atoms with Gasteiger partial charge in [0.2, 0.25) is 0 Å². The molecule has 0 atom stereocenters. The van der Waals surface area contributed by atoms with Crippen LogP contribution in [0.1, 0.15) is 29.8 Å². The minimum absolute atomic E-state index is 0.0748. The van der Waals surface area contributed by atoms with Gasteiger partial charge in [-0.2, -0.15) is 0 Å². The fourth-order valence-corrected chi connectivity index (χ4v) is 2.56. The Morgan fingerprint density at radius 3 is 2.44 bits per heavy atom. The van der Waals surface area contributed by atoms with Gasteiger partial charge in [0.15, 0.2) is 0 Å². The van der Waals surface area contributed by atoms with Gasteiger partial charge in [0.05, 0.1) is 13.7 Å². The molecule has 0 aliphatic rings. The zero-order valence-electron chi connectivity index (χ0n) is 15.5. The summed E-state index contributed by atoms with van der Waals surface area (Å²) in [7, 11) is 1.58. The normalized spacial score (nSPS) is 11.2. The average molecular weight is 432 g/mol. The van der Waals surface area contributed by atoms with Gasteiger partial charge >= 0.3 is 5.97 Å². The number of benzene rings is 2. The number of ether oxygens (including phenoxy) is 2. The van der Waals surface area contributed by atoms with Crippen molar-refractivity contribution in [3.8, 4) is 5.75 Å². The highest BCUT2D eigenvalue weighted by atomic mass is 79.9. The Hall–Kier alpha value is -2.60. The third-order valence-corrected chi connectivity index (χ3v) is 4.02. The lowest BCUT2D eigenvalue weighted by atomic mass is 10.1. The SMILES string of the molecule is COc1ccc(C=C(NC(=O)c2cccc(Br)c2)C(=O)OCC(C)C)cc1. The Morgan fingerprint density at radius 2 is 1.85 bits per heavy atom. The lowest BCUT2D eigenvalue weighted by Gasteiger charge is -2.12. The van der Waals surface area contributed by atoms with Gasteiger partial charge in [0, 0.05) is 10.0 Å². The second-order valence-corrected chi connectivity index (χ2v) is 7.20. The molecular weight excluding hydrogens is 410 g/mol. The summed E-state index contributed by atoms with van der Waals surface area (Å²) < 4.78 is 11.2. The summed E-state index contributed by atoms with van der Waals surface area (Å²) >= 11 is 3.34. The maximum atomic E-state index is 12.5. The van der Waals surface area contributed by atoms with Gasteiger partial charge in [-0.25, -0.2) is 4.79 Å². The summed E-state index contributed by atoms with van der Waals surface area (Å²) in [6.45, 7) is 4.16. The van der Waals surface area contributed by atoms with E-state index in [-0.39, 0.29) is 18.2 Å².